The van der Waals surface area contributed by atoms with Gasteiger partial charge in [-0.05, 0) is 30.0 Å². The highest BCUT2D eigenvalue weighted by Crippen LogP contribution is 2.36. The fourth-order valence-electron chi connectivity index (χ4n) is 3.39. The molecule has 2 amide bonds. The SMILES string of the molecule is C[C@H](NC(=O)CN1C(=O)c2cccc3cccc1c23)c1ccccc1. The first-order valence-corrected chi connectivity index (χ1v) is 8.33. The van der Waals surface area contributed by atoms with E-state index in [-0.39, 0.29) is 24.4 Å². The Morgan fingerprint density at radius 1 is 1.00 bits per heavy atom. The number of carbonyl (C=O) groups is 2. The summed E-state index contributed by atoms with van der Waals surface area (Å²) < 4.78 is 0. The summed E-state index contributed by atoms with van der Waals surface area (Å²) in [6.45, 7) is 1.96. The highest BCUT2D eigenvalue weighted by atomic mass is 16.2. The number of nitrogens with one attached hydrogen (secondary N) is 1. The standard InChI is InChI=1S/C21H18N2O2/c1-14(15-7-3-2-4-8-15)22-19(24)13-23-18-12-6-10-16-9-5-11-17(20(16)18)21(23)25/h2-12,14H,13H2,1H3,(H,22,24)/t14-/m0/s1. The van der Waals surface area contributed by atoms with Crippen LogP contribution in [0.15, 0.2) is 66.7 Å². The Morgan fingerprint density at radius 2 is 1.72 bits per heavy atom. The Morgan fingerprint density at radius 3 is 2.48 bits per heavy atom. The molecule has 3 aromatic carbocycles. The van der Waals surface area contributed by atoms with Crippen LogP contribution in [0.3, 0.4) is 0 Å². The average molecular weight is 330 g/mol. The lowest BCUT2D eigenvalue weighted by atomic mass is 10.1. The van der Waals surface area contributed by atoms with Crippen LogP contribution < -0.4 is 10.2 Å². The normalized spacial score (nSPS) is 14.0. The zero-order valence-electron chi connectivity index (χ0n) is 13.9. The molecule has 1 heterocycles. The monoisotopic (exact) mass is 330 g/mol. The number of hydrogen-bond donors (Lipinski definition) is 1. The van der Waals surface area contributed by atoms with Crippen LogP contribution in [-0.4, -0.2) is 18.4 Å². The van der Waals surface area contributed by atoms with Crippen LogP contribution in [-0.2, 0) is 4.79 Å². The quantitative estimate of drug-likeness (QED) is 0.793. The number of nitrogens with zero attached hydrogens (tertiary/aromatic N) is 1. The molecule has 4 heteroatoms. The topological polar surface area (TPSA) is 49.4 Å². The van der Waals surface area contributed by atoms with Crippen molar-refractivity contribution >= 4 is 28.3 Å². The van der Waals surface area contributed by atoms with Gasteiger partial charge in [0.15, 0.2) is 0 Å². The van der Waals surface area contributed by atoms with Crippen LogP contribution >= 0.6 is 0 Å². The summed E-state index contributed by atoms with van der Waals surface area (Å²) in [5.41, 5.74) is 2.51. The lowest BCUT2D eigenvalue weighted by Crippen LogP contribution is -2.39. The Hall–Kier alpha value is -3.14. The molecular weight excluding hydrogens is 312 g/mol. The zero-order chi connectivity index (χ0) is 17.4. The first-order valence-electron chi connectivity index (χ1n) is 8.33. The van der Waals surface area contributed by atoms with Gasteiger partial charge in [0, 0.05) is 10.9 Å². The predicted octanol–water partition coefficient (Wildman–Crippen LogP) is 3.68. The van der Waals surface area contributed by atoms with Crippen molar-refractivity contribution in [1.82, 2.24) is 5.32 Å². The van der Waals surface area contributed by atoms with E-state index < -0.39 is 0 Å². The van der Waals surface area contributed by atoms with E-state index in [1.54, 1.807) is 4.90 Å². The Labute approximate surface area is 146 Å². The Kier molecular flexibility index (Phi) is 3.73. The minimum atomic E-state index is -0.172. The van der Waals surface area contributed by atoms with Gasteiger partial charge < -0.3 is 5.32 Å². The second kappa shape index (κ2) is 6.06. The third-order valence-corrected chi connectivity index (χ3v) is 4.63. The fraction of sp³-hybridized carbons (Fsp3) is 0.143. The van der Waals surface area contributed by atoms with E-state index in [4.69, 9.17) is 0 Å². The molecule has 124 valence electrons. The lowest BCUT2D eigenvalue weighted by Gasteiger charge is -2.20. The van der Waals surface area contributed by atoms with Crippen LogP contribution in [0.2, 0.25) is 0 Å². The van der Waals surface area contributed by atoms with E-state index in [1.807, 2.05) is 73.7 Å². The van der Waals surface area contributed by atoms with Crippen LogP contribution in [0.5, 0.6) is 0 Å². The van der Waals surface area contributed by atoms with Crippen molar-refractivity contribution in [2.75, 3.05) is 11.4 Å². The van der Waals surface area contributed by atoms with E-state index >= 15 is 0 Å². The lowest BCUT2D eigenvalue weighted by molar-refractivity contribution is -0.120. The molecule has 0 saturated carbocycles. The molecule has 4 nitrogen and oxygen atoms in total. The van der Waals surface area contributed by atoms with E-state index in [2.05, 4.69) is 5.32 Å². The van der Waals surface area contributed by atoms with Crippen molar-refractivity contribution in [3.63, 3.8) is 0 Å². The van der Waals surface area contributed by atoms with Crippen molar-refractivity contribution < 1.29 is 9.59 Å². The van der Waals surface area contributed by atoms with Gasteiger partial charge >= 0.3 is 0 Å². The van der Waals surface area contributed by atoms with Crippen LogP contribution in [0.1, 0.15) is 28.9 Å². The zero-order valence-corrected chi connectivity index (χ0v) is 13.9. The van der Waals surface area contributed by atoms with Crippen LogP contribution in [0.25, 0.3) is 10.8 Å². The van der Waals surface area contributed by atoms with E-state index in [1.165, 1.54) is 0 Å². The molecular formula is C21H18N2O2. The Bertz CT molecular complexity index is 961. The summed E-state index contributed by atoms with van der Waals surface area (Å²) in [6.07, 6.45) is 0. The van der Waals surface area contributed by atoms with Gasteiger partial charge in [0.2, 0.25) is 5.91 Å². The summed E-state index contributed by atoms with van der Waals surface area (Å²) in [6, 6.07) is 21.1. The maximum absolute atomic E-state index is 12.7. The second-order valence-corrected chi connectivity index (χ2v) is 6.27. The number of benzene rings is 3. The number of carbonyl (C=O) groups excluding carboxylic acids is 2. The van der Waals surface area contributed by atoms with Gasteiger partial charge in [-0.3, -0.25) is 14.5 Å². The first-order chi connectivity index (χ1) is 12.1. The molecule has 3 aromatic rings. The van der Waals surface area contributed by atoms with Gasteiger partial charge in [0.25, 0.3) is 5.91 Å². The first kappa shape index (κ1) is 15.4. The highest BCUT2D eigenvalue weighted by molar-refractivity contribution is 6.26. The smallest absolute Gasteiger partial charge is 0.259 e. The molecule has 0 spiro atoms. The number of rotatable bonds is 4. The summed E-state index contributed by atoms with van der Waals surface area (Å²) in [5.74, 6) is -0.288. The molecule has 0 aromatic heterocycles. The molecule has 4 rings (SSSR count). The number of amides is 2. The van der Waals surface area contributed by atoms with E-state index in [9.17, 15) is 9.59 Å². The van der Waals surface area contributed by atoms with Gasteiger partial charge in [-0.2, -0.15) is 0 Å². The second-order valence-electron chi connectivity index (χ2n) is 6.27. The molecule has 1 aliphatic heterocycles. The summed E-state index contributed by atoms with van der Waals surface area (Å²) in [7, 11) is 0. The van der Waals surface area contributed by atoms with Crippen molar-refractivity contribution in [3.05, 3.63) is 77.9 Å². The largest absolute Gasteiger partial charge is 0.348 e. The van der Waals surface area contributed by atoms with Crippen molar-refractivity contribution in [2.24, 2.45) is 0 Å². The van der Waals surface area contributed by atoms with Crippen molar-refractivity contribution in [1.29, 1.82) is 0 Å². The molecule has 1 atom stereocenters. The van der Waals surface area contributed by atoms with E-state index in [0.717, 1.165) is 22.0 Å². The molecule has 0 fully saturated rings. The molecule has 0 bridgehead atoms. The summed E-state index contributed by atoms with van der Waals surface area (Å²) in [4.78, 5) is 26.8. The third kappa shape index (κ3) is 2.66. The van der Waals surface area contributed by atoms with Crippen LogP contribution in [0, 0.1) is 0 Å². The summed E-state index contributed by atoms with van der Waals surface area (Å²) >= 11 is 0. The van der Waals surface area contributed by atoms with Gasteiger partial charge in [-0.25, -0.2) is 0 Å². The van der Waals surface area contributed by atoms with E-state index in [0.29, 0.717) is 5.56 Å². The minimum Gasteiger partial charge on any atom is -0.348 e. The minimum absolute atomic E-state index is 0.0177. The molecule has 1 N–H and O–H groups in total. The molecule has 1 aliphatic rings. The van der Waals surface area contributed by atoms with Crippen LogP contribution in [0.4, 0.5) is 5.69 Å². The highest BCUT2D eigenvalue weighted by Gasteiger charge is 2.31. The van der Waals surface area contributed by atoms with Gasteiger partial charge in [-0.1, -0.05) is 54.6 Å². The molecule has 25 heavy (non-hydrogen) atoms. The maximum atomic E-state index is 12.7. The predicted molar refractivity (Wildman–Crippen MR) is 98.6 cm³/mol. The summed E-state index contributed by atoms with van der Waals surface area (Å²) in [5, 5.41) is 4.92. The van der Waals surface area contributed by atoms with Crippen molar-refractivity contribution in [2.45, 2.75) is 13.0 Å². The molecule has 0 aliphatic carbocycles. The fourth-order valence-corrected chi connectivity index (χ4v) is 3.39. The Balaban J connectivity index is 1.55. The number of hydrogen-bond acceptors (Lipinski definition) is 2. The van der Waals surface area contributed by atoms with Gasteiger partial charge in [-0.15, -0.1) is 0 Å². The average Bonchev–Trinajstić information content (AvgIpc) is 2.90. The van der Waals surface area contributed by atoms with Crippen molar-refractivity contribution in [3.8, 4) is 0 Å². The molecule has 0 unspecified atom stereocenters. The molecule has 0 radical (unpaired) electrons. The molecule has 0 saturated heterocycles. The third-order valence-electron chi connectivity index (χ3n) is 4.63. The maximum Gasteiger partial charge on any atom is 0.259 e. The van der Waals surface area contributed by atoms with Gasteiger partial charge in [0.1, 0.15) is 6.54 Å². The van der Waals surface area contributed by atoms with Gasteiger partial charge in [0.05, 0.1) is 11.7 Å². The number of anilines is 1.